The Morgan fingerprint density at radius 1 is 1.44 bits per heavy atom. The van der Waals surface area contributed by atoms with Gasteiger partial charge in [0, 0.05) is 31.6 Å². The van der Waals surface area contributed by atoms with Crippen LogP contribution in [-0.4, -0.2) is 26.8 Å². The fourth-order valence-electron chi connectivity index (χ4n) is 1.81. The first-order valence-corrected chi connectivity index (χ1v) is 6.12. The average Bonchev–Trinajstić information content (AvgIpc) is 2.34. The lowest BCUT2D eigenvalue weighted by Crippen LogP contribution is -2.31. The van der Waals surface area contributed by atoms with Crippen LogP contribution in [0.1, 0.15) is 19.4 Å². The van der Waals surface area contributed by atoms with Crippen molar-refractivity contribution in [3.05, 3.63) is 23.8 Å². The fourth-order valence-corrected chi connectivity index (χ4v) is 1.81. The maximum Gasteiger partial charge on any atom is 0.101 e. The van der Waals surface area contributed by atoms with E-state index in [9.17, 15) is 0 Å². The summed E-state index contributed by atoms with van der Waals surface area (Å²) in [6.45, 7) is 6.74. The maximum atomic E-state index is 9.01. The van der Waals surface area contributed by atoms with Gasteiger partial charge < -0.3 is 15.4 Å². The van der Waals surface area contributed by atoms with Gasteiger partial charge in [0.25, 0.3) is 0 Å². The monoisotopic (exact) mass is 247 g/mol. The van der Waals surface area contributed by atoms with E-state index in [1.54, 1.807) is 13.2 Å². The minimum absolute atomic E-state index is 0.525. The second-order valence-corrected chi connectivity index (χ2v) is 4.72. The predicted molar refractivity (Wildman–Crippen MR) is 74.5 cm³/mol. The zero-order valence-corrected chi connectivity index (χ0v) is 11.3. The Kier molecular flexibility index (Phi) is 5.47. The summed E-state index contributed by atoms with van der Waals surface area (Å²) in [5, 5.41) is 9.01. The summed E-state index contributed by atoms with van der Waals surface area (Å²) in [4.78, 5) is 2.22. The molecule has 0 fully saturated rings. The molecule has 0 aliphatic carbocycles. The molecule has 0 heterocycles. The molecule has 0 saturated carbocycles. The summed E-state index contributed by atoms with van der Waals surface area (Å²) in [7, 11) is 1.69. The molecule has 0 radical (unpaired) electrons. The third-order valence-electron chi connectivity index (χ3n) is 2.67. The number of ether oxygens (including phenoxy) is 1. The Labute approximate surface area is 109 Å². The molecule has 0 atom stereocenters. The molecular formula is C14H21N3O. The van der Waals surface area contributed by atoms with E-state index in [0.29, 0.717) is 23.8 Å². The number of benzene rings is 1. The molecule has 0 bridgehead atoms. The number of nitrogens with two attached hydrogens (primary N) is 1. The third kappa shape index (κ3) is 3.94. The van der Waals surface area contributed by atoms with E-state index in [1.807, 2.05) is 12.1 Å². The first-order chi connectivity index (χ1) is 8.58. The molecule has 0 aromatic heterocycles. The quantitative estimate of drug-likeness (QED) is 0.783. The van der Waals surface area contributed by atoms with Gasteiger partial charge in [0.05, 0.1) is 12.2 Å². The number of rotatable bonds is 6. The molecule has 4 heteroatoms. The Hall–Kier alpha value is -1.73. The molecular weight excluding hydrogens is 226 g/mol. The van der Waals surface area contributed by atoms with Gasteiger partial charge in [-0.3, -0.25) is 0 Å². The maximum absolute atomic E-state index is 9.01. The number of nitrogens with zero attached hydrogens (tertiary/aromatic N) is 2. The van der Waals surface area contributed by atoms with Crippen LogP contribution in [0.2, 0.25) is 0 Å². The number of hydrogen-bond donors (Lipinski definition) is 1. The number of hydrogen-bond acceptors (Lipinski definition) is 4. The highest BCUT2D eigenvalue weighted by Gasteiger charge is 2.10. The lowest BCUT2D eigenvalue weighted by molar-refractivity contribution is 0.204. The second-order valence-electron chi connectivity index (χ2n) is 4.72. The Morgan fingerprint density at radius 2 is 2.17 bits per heavy atom. The van der Waals surface area contributed by atoms with E-state index in [1.165, 1.54) is 0 Å². The van der Waals surface area contributed by atoms with Crippen LogP contribution in [0.3, 0.4) is 0 Å². The largest absolute Gasteiger partial charge is 0.398 e. The predicted octanol–water partition coefficient (Wildman–Crippen LogP) is 2.25. The minimum atomic E-state index is 0.525. The summed E-state index contributed by atoms with van der Waals surface area (Å²) in [6, 6.07) is 7.70. The van der Waals surface area contributed by atoms with E-state index in [2.05, 4.69) is 24.8 Å². The minimum Gasteiger partial charge on any atom is -0.398 e. The number of anilines is 2. The lowest BCUT2D eigenvalue weighted by Gasteiger charge is -2.26. The van der Waals surface area contributed by atoms with Crippen molar-refractivity contribution in [1.82, 2.24) is 0 Å². The van der Waals surface area contributed by atoms with E-state index in [-0.39, 0.29) is 0 Å². The molecule has 4 nitrogen and oxygen atoms in total. The summed E-state index contributed by atoms with van der Waals surface area (Å²) in [5.41, 5.74) is 7.81. The summed E-state index contributed by atoms with van der Waals surface area (Å²) in [5.74, 6) is 0.546. The summed E-state index contributed by atoms with van der Waals surface area (Å²) >= 11 is 0. The molecule has 0 aliphatic heterocycles. The highest BCUT2D eigenvalue weighted by Crippen LogP contribution is 2.21. The van der Waals surface area contributed by atoms with Crippen LogP contribution in [0, 0.1) is 17.2 Å². The van der Waals surface area contributed by atoms with Crippen LogP contribution in [0.15, 0.2) is 18.2 Å². The molecule has 1 rings (SSSR count). The van der Waals surface area contributed by atoms with E-state index >= 15 is 0 Å². The molecule has 0 aliphatic rings. The summed E-state index contributed by atoms with van der Waals surface area (Å²) in [6.07, 6.45) is 0. The number of methoxy groups -OCH3 is 1. The molecule has 1 aromatic rings. The molecule has 2 N–H and O–H groups in total. The van der Waals surface area contributed by atoms with Gasteiger partial charge in [0.15, 0.2) is 0 Å². The van der Waals surface area contributed by atoms with Gasteiger partial charge >= 0.3 is 0 Å². The van der Waals surface area contributed by atoms with Crippen molar-refractivity contribution in [2.75, 3.05) is 37.4 Å². The van der Waals surface area contributed by atoms with Crippen molar-refractivity contribution in [1.29, 1.82) is 5.26 Å². The van der Waals surface area contributed by atoms with Gasteiger partial charge in [0.1, 0.15) is 6.07 Å². The molecule has 1 aromatic carbocycles. The molecule has 0 saturated heterocycles. The highest BCUT2D eigenvalue weighted by molar-refractivity contribution is 5.62. The lowest BCUT2D eigenvalue weighted by atomic mass is 10.1. The second kappa shape index (κ2) is 6.87. The van der Waals surface area contributed by atoms with Gasteiger partial charge in [-0.15, -0.1) is 0 Å². The van der Waals surface area contributed by atoms with E-state index in [0.717, 1.165) is 18.8 Å². The molecule has 0 spiro atoms. The van der Waals surface area contributed by atoms with Gasteiger partial charge in [-0.25, -0.2) is 0 Å². The van der Waals surface area contributed by atoms with Crippen molar-refractivity contribution in [3.8, 4) is 6.07 Å². The van der Waals surface area contributed by atoms with Gasteiger partial charge in [-0.05, 0) is 24.1 Å². The smallest absolute Gasteiger partial charge is 0.101 e. The number of nitrogen functional groups attached to an aromatic ring is 1. The molecule has 98 valence electrons. The van der Waals surface area contributed by atoms with Crippen molar-refractivity contribution in [2.45, 2.75) is 13.8 Å². The first kappa shape index (κ1) is 14.3. The Morgan fingerprint density at radius 3 is 2.72 bits per heavy atom. The Balaban J connectivity index is 2.93. The van der Waals surface area contributed by atoms with Crippen LogP contribution < -0.4 is 10.6 Å². The molecule has 0 unspecified atom stereocenters. The van der Waals surface area contributed by atoms with Crippen LogP contribution in [0.25, 0.3) is 0 Å². The zero-order valence-electron chi connectivity index (χ0n) is 11.3. The van der Waals surface area contributed by atoms with E-state index < -0.39 is 0 Å². The Bertz CT molecular complexity index is 424. The molecule has 0 amide bonds. The topological polar surface area (TPSA) is 62.3 Å². The third-order valence-corrected chi connectivity index (χ3v) is 2.67. The van der Waals surface area contributed by atoms with Crippen molar-refractivity contribution in [3.63, 3.8) is 0 Å². The number of nitriles is 1. The fraction of sp³-hybridized carbons (Fsp3) is 0.500. The average molecular weight is 247 g/mol. The van der Waals surface area contributed by atoms with Gasteiger partial charge in [-0.1, -0.05) is 13.8 Å². The van der Waals surface area contributed by atoms with Crippen molar-refractivity contribution >= 4 is 11.4 Å². The van der Waals surface area contributed by atoms with Gasteiger partial charge in [0.2, 0.25) is 0 Å². The SMILES string of the molecule is COCCN(CC(C)C)c1ccc(N)c(C#N)c1. The van der Waals surface area contributed by atoms with E-state index in [4.69, 9.17) is 15.7 Å². The van der Waals surface area contributed by atoms with Crippen LogP contribution >= 0.6 is 0 Å². The highest BCUT2D eigenvalue weighted by atomic mass is 16.5. The van der Waals surface area contributed by atoms with Crippen LogP contribution in [0.5, 0.6) is 0 Å². The zero-order chi connectivity index (χ0) is 13.5. The van der Waals surface area contributed by atoms with Crippen LogP contribution in [0.4, 0.5) is 11.4 Å². The summed E-state index contributed by atoms with van der Waals surface area (Å²) < 4.78 is 5.12. The normalized spacial score (nSPS) is 10.4. The molecule has 18 heavy (non-hydrogen) atoms. The van der Waals surface area contributed by atoms with Crippen LogP contribution in [-0.2, 0) is 4.74 Å². The van der Waals surface area contributed by atoms with Crippen molar-refractivity contribution in [2.24, 2.45) is 5.92 Å². The van der Waals surface area contributed by atoms with Gasteiger partial charge in [-0.2, -0.15) is 5.26 Å². The first-order valence-electron chi connectivity index (χ1n) is 6.12. The van der Waals surface area contributed by atoms with Crippen molar-refractivity contribution < 1.29 is 4.74 Å². The standard InChI is InChI=1S/C14H21N3O/c1-11(2)10-17(6-7-18-3)13-4-5-14(16)12(8-13)9-15/h4-5,8,11H,6-7,10,16H2,1-3H3.